The van der Waals surface area contributed by atoms with Gasteiger partial charge in [-0.2, -0.15) is 0 Å². The van der Waals surface area contributed by atoms with Crippen LogP contribution in [0, 0.1) is 12.3 Å². The Balaban J connectivity index is 2.09. The van der Waals surface area contributed by atoms with E-state index in [0.29, 0.717) is 0 Å². The number of para-hydroxylation sites is 1. The van der Waals surface area contributed by atoms with E-state index in [4.69, 9.17) is 0 Å². The molecule has 1 aliphatic rings. The summed E-state index contributed by atoms with van der Waals surface area (Å²) in [6.45, 7) is 4.06. The van der Waals surface area contributed by atoms with Crippen LogP contribution in [0.1, 0.15) is 31.7 Å². The first-order chi connectivity index (χ1) is 7.12. The number of rotatable bonds is 2. The zero-order valence-electron chi connectivity index (χ0n) is 9.34. The molecule has 0 radical (unpaired) electrons. The molecule has 0 atom stereocenters. The molecule has 1 aromatic carbocycles. The zero-order valence-corrected chi connectivity index (χ0v) is 9.34. The van der Waals surface area contributed by atoms with Crippen LogP contribution in [0.3, 0.4) is 0 Å². The predicted octanol–water partition coefficient (Wildman–Crippen LogP) is 3.12. The van der Waals surface area contributed by atoms with Crippen molar-refractivity contribution in [2.75, 3.05) is 5.32 Å². The number of hydrogen-bond donors (Lipinski definition) is 1. The minimum absolute atomic E-state index is 0.123. The van der Waals surface area contributed by atoms with Gasteiger partial charge in [0.25, 0.3) is 0 Å². The third kappa shape index (κ3) is 1.89. The maximum absolute atomic E-state index is 12.0. The van der Waals surface area contributed by atoms with E-state index in [2.05, 4.69) is 5.32 Å². The highest BCUT2D eigenvalue weighted by atomic mass is 16.2. The quantitative estimate of drug-likeness (QED) is 0.786. The third-order valence-electron chi connectivity index (χ3n) is 3.40. The molecule has 0 aromatic heterocycles. The summed E-state index contributed by atoms with van der Waals surface area (Å²) in [4.78, 5) is 12.0. The number of benzene rings is 1. The molecule has 1 fully saturated rings. The third-order valence-corrected chi connectivity index (χ3v) is 3.40. The molecule has 1 amide bonds. The topological polar surface area (TPSA) is 29.1 Å². The highest BCUT2D eigenvalue weighted by molar-refractivity contribution is 5.96. The van der Waals surface area contributed by atoms with Crippen molar-refractivity contribution < 1.29 is 4.79 Å². The Morgan fingerprint density at radius 2 is 2.00 bits per heavy atom. The fourth-order valence-corrected chi connectivity index (χ4v) is 1.92. The van der Waals surface area contributed by atoms with Gasteiger partial charge in [-0.25, -0.2) is 0 Å². The van der Waals surface area contributed by atoms with Crippen molar-refractivity contribution in [2.45, 2.75) is 33.1 Å². The molecule has 2 nitrogen and oxygen atoms in total. The number of amides is 1. The van der Waals surface area contributed by atoms with E-state index < -0.39 is 0 Å². The van der Waals surface area contributed by atoms with E-state index in [1.165, 1.54) is 6.42 Å². The summed E-state index contributed by atoms with van der Waals surface area (Å²) in [5.41, 5.74) is 1.94. The Bertz CT molecular complexity index is 380. The molecule has 1 aromatic rings. The summed E-state index contributed by atoms with van der Waals surface area (Å²) in [7, 11) is 0. The summed E-state index contributed by atoms with van der Waals surface area (Å²) in [5.74, 6) is 0.169. The standard InChI is InChI=1S/C13H17NO/c1-10-6-3-4-7-11(10)14-12(15)13(2)8-5-9-13/h3-4,6-7H,5,8-9H2,1-2H3,(H,14,15). The normalized spacial score (nSPS) is 18.0. The Morgan fingerprint density at radius 3 is 2.53 bits per heavy atom. The summed E-state index contributed by atoms with van der Waals surface area (Å²) in [6.07, 6.45) is 3.22. The SMILES string of the molecule is Cc1ccccc1NC(=O)C1(C)CCC1. The van der Waals surface area contributed by atoms with Gasteiger partial charge in [-0.15, -0.1) is 0 Å². The lowest BCUT2D eigenvalue weighted by molar-refractivity contribution is -0.128. The van der Waals surface area contributed by atoms with Crippen LogP contribution in [0.4, 0.5) is 5.69 Å². The first kappa shape index (κ1) is 10.2. The molecule has 0 heterocycles. The van der Waals surface area contributed by atoms with E-state index >= 15 is 0 Å². The van der Waals surface area contributed by atoms with E-state index in [0.717, 1.165) is 24.1 Å². The molecule has 1 N–H and O–H groups in total. The lowest BCUT2D eigenvalue weighted by atomic mass is 9.70. The molecule has 0 bridgehead atoms. The van der Waals surface area contributed by atoms with Gasteiger partial charge in [0.2, 0.25) is 5.91 Å². The molecular weight excluding hydrogens is 186 g/mol. The Morgan fingerprint density at radius 1 is 1.33 bits per heavy atom. The van der Waals surface area contributed by atoms with E-state index in [9.17, 15) is 4.79 Å². The second kappa shape index (κ2) is 3.69. The van der Waals surface area contributed by atoms with Crippen LogP contribution in [-0.2, 0) is 4.79 Å². The molecule has 1 aliphatic carbocycles. The van der Waals surface area contributed by atoms with Crippen LogP contribution in [0.5, 0.6) is 0 Å². The van der Waals surface area contributed by atoms with Gasteiger partial charge in [0.1, 0.15) is 0 Å². The maximum Gasteiger partial charge on any atom is 0.230 e. The van der Waals surface area contributed by atoms with Crippen LogP contribution in [0.2, 0.25) is 0 Å². The fraction of sp³-hybridized carbons (Fsp3) is 0.462. The van der Waals surface area contributed by atoms with Crippen molar-refractivity contribution in [3.8, 4) is 0 Å². The van der Waals surface area contributed by atoms with Gasteiger partial charge in [-0.3, -0.25) is 4.79 Å². The van der Waals surface area contributed by atoms with E-state index in [-0.39, 0.29) is 11.3 Å². The van der Waals surface area contributed by atoms with Crippen molar-refractivity contribution >= 4 is 11.6 Å². The molecule has 0 saturated heterocycles. The molecule has 0 unspecified atom stereocenters. The Hall–Kier alpha value is -1.31. The van der Waals surface area contributed by atoms with Gasteiger partial charge in [-0.1, -0.05) is 31.5 Å². The van der Waals surface area contributed by atoms with E-state index in [1.807, 2.05) is 38.1 Å². The molecular formula is C13H17NO. The summed E-state index contributed by atoms with van der Waals surface area (Å²) in [5, 5.41) is 3.01. The smallest absolute Gasteiger partial charge is 0.230 e. The van der Waals surface area contributed by atoms with Gasteiger partial charge < -0.3 is 5.32 Å². The first-order valence-electron chi connectivity index (χ1n) is 5.49. The van der Waals surface area contributed by atoms with Crippen LogP contribution < -0.4 is 5.32 Å². The summed E-state index contributed by atoms with van der Waals surface area (Å²) >= 11 is 0. The predicted molar refractivity (Wildman–Crippen MR) is 61.8 cm³/mol. The Kier molecular flexibility index (Phi) is 2.51. The van der Waals surface area contributed by atoms with Crippen molar-refractivity contribution in [2.24, 2.45) is 5.41 Å². The number of hydrogen-bond acceptors (Lipinski definition) is 1. The van der Waals surface area contributed by atoms with Gasteiger partial charge in [0, 0.05) is 11.1 Å². The Labute approximate surface area is 90.7 Å². The molecule has 0 aliphatic heterocycles. The summed E-state index contributed by atoms with van der Waals surface area (Å²) < 4.78 is 0. The lowest BCUT2D eigenvalue weighted by Crippen LogP contribution is -2.39. The zero-order chi connectivity index (χ0) is 10.9. The minimum Gasteiger partial charge on any atom is -0.325 e. The largest absolute Gasteiger partial charge is 0.325 e. The number of nitrogens with one attached hydrogen (secondary N) is 1. The summed E-state index contributed by atoms with van der Waals surface area (Å²) in [6, 6.07) is 7.90. The average Bonchev–Trinajstić information content (AvgIpc) is 2.18. The van der Waals surface area contributed by atoms with Crippen LogP contribution in [0.15, 0.2) is 24.3 Å². The molecule has 80 valence electrons. The van der Waals surface area contributed by atoms with E-state index in [1.54, 1.807) is 0 Å². The van der Waals surface area contributed by atoms with Gasteiger partial charge in [-0.05, 0) is 31.4 Å². The molecule has 2 rings (SSSR count). The minimum atomic E-state index is -0.123. The monoisotopic (exact) mass is 203 g/mol. The van der Waals surface area contributed by atoms with Crippen LogP contribution in [-0.4, -0.2) is 5.91 Å². The average molecular weight is 203 g/mol. The first-order valence-corrected chi connectivity index (χ1v) is 5.49. The highest BCUT2D eigenvalue weighted by Gasteiger charge is 2.39. The molecule has 15 heavy (non-hydrogen) atoms. The van der Waals surface area contributed by atoms with Crippen molar-refractivity contribution in [1.82, 2.24) is 0 Å². The highest BCUT2D eigenvalue weighted by Crippen LogP contribution is 2.41. The van der Waals surface area contributed by atoms with Crippen LogP contribution in [0.25, 0.3) is 0 Å². The number of carbonyl (C=O) groups excluding carboxylic acids is 1. The lowest BCUT2D eigenvalue weighted by Gasteiger charge is -2.36. The van der Waals surface area contributed by atoms with Crippen molar-refractivity contribution in [3.63, 3.8) is 0 Å². The number of aryl methyl sites for hydroxylation is 1. The van der Waals surface area contributed by atoms with Gasteiger partial charge in [0.05, 0.1) is 0 Å². The van der Waals surface area contributed by atoms with Crippen molar-refractivity contribution in [3.05, 3.63) is 29.8 Å². The molecule has 1 saturated carbocycles. The van der Waals surface area contributed by atoms with Crippen LogP contribution >= 0.6 is 0 Å². The number of anilines is 1. The second-order valence-electron chi connectivity index (χ2n) is 4.68. The second-order valence-corrected chi connectivity index (χ2v) is 4.68. The fourth-order valence-electron chi connectivity index (χ4n) is 1.92. The maximum atomic E-state index is 12.0. The number of carbonyl (C=O) groups is 1. The molecule has 2 heteroatoms. The van der Waals surface area contributed by atoms with Crippen molar-refractivity contribution in [1.29, 1.82) is 0 Å². The van der Waals surface area contributed by atoms with Gasteiger partial charge >= 0.3 is 0 Å². The molecule has 0 spiro atoms. The van der Waals surface area contributed by atoms with Gasteiger partial charge in [0.15, 0.2) is 0 Å².